The Kier molecular flexibility index (Phi) is 5.50. The summed E-state index contributed by atoms with van der Waals surface area (Å²) in [7, 11) is 1.89. The standard InChI is InChI=1S/C19H23N3O3/c1-22(13-18(23)20-11-17-3-2-10-25-17)12-14-4-6-15(7-5-14)19(24)21-16-8-9-16/h2-7,10,16H,8-9,11-13H2,1H3,(H,20,23)(H,21,24). The smallest absolute Gasteiger partial charge is 0.251 e. The highest BCUT2D eigenvalue weighted by atomic mass is 16.3. The molecule has 0 unspecified atom stereocenters. The topological polar surface area (TPSA) is 74.6 Å². The summed E-state index contributed by atoms with van der Waals surface area (Å²) in [5.41, 5.74) is 1.74. The summed E-state index contributed by atoms with van der Waals surface area (Å²) in [6, 6.07) is 11.5. The number of carbonyl (C=O) groups is 2. The summed E-state index contributed by atoms with van der Waals surface area (Å²) in [6.07, 6.45) is 3.75. The zero-order valence-corrected chi connectivity index (χ0v) is 14.3. The van der Waals surface area contributed by atoms with Crippen molar-refractivity contribution in [3.63, 3.8) is 0 Å². The van der Waals surface area contributed by atoms with Gasteiger partial charge >= 0.3 is 0 Å². The first-order valence-corrected chi connectivity index (χ1v) is 8.47. The molecule has 0 atom stereocenters. The molecule has 0 bridgehead atoms. The maximum atomic E-state index is 12.0. The molecule has 132 valence electrons. The molecule has 3 rings (SSSR count). The first-order valence-electron chi connectivity index (χ1n) is 8.47. The number of furan rings is 1. The number of hydrogen-bond donors (Lipinski definition) is 2. The van der Waals surface area contributed by atoms with Crippen molar-refractivity contribution < 1.29 is 14.0 Å². The van der Waals surface area contributed by atoms with Crippen LogP contribution in [0.4, 0.5) is 0 Å². The fourth-order valence-electron chi connectivity index (χ4n) is 2.53. The van der Waals surface area contributed by atoms with E-state index in [9.17, 15) is 9.59 Å². The Bertz CT molecular complexity index is 706. The fourth-order valence-corrected chi connectivity index (χ4v) is 2.53. The lowest BCUT2D eigenvalue weighted by molar-refractivity contribution is -0.122. The molecule has 1 aliphatic rings. The summed E-state index contributed by atoms with van der Waals surface area (Å²) in [4.78, 5) is 25.8. The van der Waals surface area contributed by atoms with E-state index < -0.39 is 0 Å². The lowest BCUT2D eigenvalue weighted by Gasteiger charge is -2.16. The molecule has 0 saturated heterocycles. The van der Waals surface area contributed by atoms with Crippen LogP contribution in [0.15, 0.2) is 47.1 Å². The third-order valence-corrected chi connectivity index (χ3v) is 4.03. The lowest BCUT2D eigenvalue weighted by atomic mass is 10.1. The molecular formula is C19H23N3O3. The zero-order chi connectivity index (χ0) is 17.6. The quantitative estimate of drug-likeness (QED) is 0.769. The van der Waals surface area contributed by atoms with Crippen LogP contribution in [0.5, 0.6) is 0 Å². The summed E-state index contributed by atoms with van der Waals surface area (Å²) in [5, 5.41) is 5.79. The maximum absolute atomic E-state index is 12.0. The number of hydrogen-bond acceptors (Lipinski definition) is 4. The lowest BCUT2D eigenvalue weighted by Crippen LogP contribution is -2.34. The first-order chi connectivity index (χ1) is 12.1. The molecule has 2 amide bonds. The molecule has 0 spiro atoms. The van der Waals surface area contributed by atoms with Gasteiger partial charge in [0.2, 0.25) is 5.91 Å². The number of carbonyl (C=O) groups excluding carboxylic acids is 2. The Morgan fingerprint density at radius 2 is 1.96 bits per heavy atom. The molecule has 25 heavy (non-hydrogen) atoms. The third kappa shape index (κ3) is 5.46. The molecule has 1 heterocycles. The van der Waals surface area contributed by atoms with Crippen molar-refractivity contribution in [2.75, 3.05) is 13.6 Å². The molecule has 6 heteroatoms. The second-order valence-corrected chi connectivity index (χ2v) is 6.47. The van der Waals surface area contributed by atoms with Crippen LogP contribution in [0.25, 0.3) is 0 Å². The highest BCUT2D eigenvalue weighted by molar-refractivity contribution is 5.94. The van der Waals surface area contributed by atoms with Crippen molar-refractivity contribution in [2.45, 2.75) is 32.0 Å². The van der Waals surface area contributed by atoms with Gasteiger partial charge in [-0.25, -0.2) is 0 Å². The van der Waals surface area contributed by atoms with Crippen molar-refractivity contribution in [1.29, 1.82) is 0 Å². The van der Waals surface area contributed by atoms with E-state index in [1.54, 1.807) is 12.3 Å². The van der Waals surface area contributed by atoms with E-state index >= 15 is 0 Å². The summed E-state index contributed by atoms with van der Waals surface area (Å²) in [6.45, 7) is 1.33. The van der Waals surface area contributed by atoms with E-state index in [4.69, 9.17) is 4.42 Å². The molecule has 1 saturated carbocycles. The van der Waals surface area contributed by atoms with Crippen LogP contribution in [-0.4, -0.2) is 36.3 Å². The molecular weight excluding hydrogens is 318 g/mol. The summed E-state index contributed by atoms with van der Waals surface area (Å²) in [5.74, 6) is 0.662. The monoisotopic (exact) mass is 341 g/mol. The zero-order valence-electron chi connectivity index (χ0n) is 14.3. The highest BCUT2D eigenvalue weighted by Crippen LogP contribution is 2.19. The molecule has 1 aromatic heterocycles. The van der Waals surface area contributed by atoms with Crippen LogP contribution in [0.3, 0.4) is 0 Å². The maximum Gasteiger partial charge on any atom is 0.251 e. The second-order valence-electron chi connectivity index (χ2n) is 6.47. The average molecular weight is 341 g/mol. The van der Waals surface area contributed by atoms with Crippen LogP contribution in [0.2, 0.25) is 0 Å². The Morgan fingerprint density at radius 3 is 2.60 bits per heavy atom. The first kappa shape index (κ1) is 17.2. The van der Waals surface area contributed by atoms with Crippen LogP contribution >= 0.6 is 0 Å². The number of amides is 2. The van der Waals surface area contributed by atoms with Crippen LogP contribution in [0, 0.1) is 0 Å². The van der Waals surface area contributed by atoms with E-state index in [1.165, 1.54) is 0 Å². The number of nitrogens with zero attached hydrogens (tertiary/aromatic N) is 1. The molecule has 2 aromatic rings. The molecule has 0 aliphatic heterocycles. The average Bonchev–Trinajstić information content (AvgIpc) is 3.24. The van der Waals surface area contributed by atoms with E-state index in [-0.39, 0.29) is 11.8 Å². The summed E-state index contributed by atoms with van der Waals surface area (Å²) < 4.78 is 5.18. The molecule has 0 radical (unpaired) electrons. The van der Waals surface area contributed by atoms with Gasteiger partial charge < -0.3 is 15.1 Å². The van der Waals surface area contributed by atoms with Gasteiger partial charge in [-0.05, 0) is 49.7 Å². The Labute approximate surface area is 147 Å². The van der Waals surface area contributed by atoms with Crippen molar-refractivity contribution >= 4 is 11.8 Å². The molecule has 1 aromatic carbocycles. The van der Waals surface area contributed by atoms with Gasteiger partial charge in [0.25, 0.3) is 5.91 Å². The van der Waals surface area contributed by atoms with E-state index in [1.807, 2.05) is 42.3 Å². The molecule has 6 nitrogen and oxygen atoms in total. The van der Waals surface area contributed by atoms with Gasteiger partial charge in [0.1, 0.15) is 5.76 Å². The molecule has 1 fully saturated rings. The largest absolute Gasteiger partial charge is 0.467 e. The van der Waals surface area contributed by atoms with Crippen LogP contribution in [0.1, 0.15) is 34.5 Å². The van der Waals surface area contributed by atoms with Crippen molar-refractivity contribution in [2.24, 2.45) is 0 Å². The number of benzene rings is 1. The Balaban J connectivity index is 1.42. The van der Waals surface area contributed by atoms with Crippen LogP contribution < -0.4 is 10.6 Å². The molecule has 1 aliphatic carbocycles. The van der Waals surface area contributed by atoms with Gasteiger partial charge in [0.05, 0.1) is 19.4 Å². The van der Waals surface area contributed by atoms with Gasteiger partial charge in [-0.15, -0.1) is 0 Å². The Hall–Kier alpha value is -2.60. The minimum Gasteiger partial charge on any atom is -0.467 e. The summed E-state index contributed by atoms with van der Waals surface area (Å²) >= 11 is 0. The van der Waals surface area contributed by atoms with Crippen molar-refractivity contribution in [3.05, 3.63) is 59.5 Å². The predicted octanol–water partition coefficient (Wildman–Crippen LogP) is 1.92. The fraction of sp³-hybridized carbons (Fsp3) is 0.368. The minimum absolute atomic E-state index is 0.0142. The highest BCUT2D eigenvalue weighted by Gasteiger charge is 2.23. The minimum atomic E-state index is -0.0562. The van der Waals surface area contributed by atoms with Gasteiger partial charge in [-0.2, -0.15) is 0 Å². The second kappa shape index (κ2) is 7.98. The van der Waals surface area contributed by atoms with E-state index in [0.29, 0.717) is 31.2 Å². The van der Waals surface area contributed by atoms with Crippen molar-refractivity contribution in [3.8, 4) is 0 Å². The van der Waals surface area contributed by atoms with Crippen LogP contribution in [-0.2, 0) is 17.9 Å². The van der Waals surface area contributed by atoms with E-state index in [2.05, 4.69) is 10.6 Å². The van der Waals surface area contributed by atoms with Crippen molar-refractivity contribution in [1.82, 2.24) is 15.5 Å². The number of nitrogens with one attached hydrogen (secondary N) is 2. The van der Waals surface area contributed by atoms with Gasteiger partial charge in [-0.3, -0.25) is 14.5 Å². The van der Waals surface area contributed by atoms with Gasteiger partial charge in [0, 0.05) is 18.2 Å². The molecule has 2 N–H and O–H groups in total. The number of likely N-dealkylation sites (N-methyl/N-ethyl adjacent to an activating group) is 1. The van der Waals surface area contributed by atoms with E-state index in [0.717, 1.165) is 24.2 Å². The normalized spacial score (nSPS) is 13.7. The van der Waals surface area contributed by atoms with Gasteiger partial charge in [-0.1, -0.05) is 12.1 Å². The number of rotatable bonds is 8. The third-order valence-electron chi connectivity index (χ3n) is 4.03. The Morgan fingerprint density at radius 1 is 1.20 bits per heavy atom. The SMILES string of the molecule is CN(CC(=O)NCc1ccco1)Cc1ccc(C(=O)NC2CC2)cc1. The predicted molar refractivity (Wildman–Crippen MR) is 93.8 cm³/mol. The van der Waals surface area contributed by atoms with Gasteiger partial charge in [0.15, 0.2) is 0 Å².